The average molecular weight is 246 g/mol. The Morgan fingerprint density at radius 1 is 1.39 bits per heavy atom. The first-order valence-electron chi connectivity index (χ1n) is 6.26. The lowest BCUT2D eigenvalue weighted by Crippen LogP contribution is -2.39. The van der Waals surface area contributed by atoms with E-state index in [1.807, 2.05) is 18.2 Å². The number of ether oxygens (including phenoxy) is 1. The van der Waals surface area contributed by atoms with Crippen molar-refractivity contribution in [1.82, 2.24) is 4.90 Å². The highest BCUT2D eigenvalue weighted by Gasteiger charge is 2.20. The molecule has 1 aromatic rings. The zero-order valence-electron chi connectivity index (χ0n) is 10.4. The molecule has 1 fully saturated rings. The van der Waals surface area contributed by atoms with Crippen LogP contribution in [0.4, 0.5) is 0 Å². The summed E-state index contributed by atoms with van der Waals surface area (Å²) in [6, 6.07) is 10.5. The molecule has 0 amide bonds. The van der Waals surface area contributed by atoms with Crippen LogP contribution in [0.2, 0.25) is 0 Å². The van der Waals surface area contributed by atoms with Crippen molar-refractivity contribution in [3.63, 3.8) is 0 Å². The van der Waals surface area contributed by atoms with Gasteiger partial charge in [-0.15, -0.1) is 0 Å². The highest BCUT2D eigenvalue weighted by molar-refractivity contribution is 5.14. The van der Waals surface area contributed by atoms with Crippen LogP contribution in [0.1, 0.15) is 12.0 Å². The third kappa shape index (κ3) is 3.74. The van der Waals surface area contributed by atoms with E-state index in [1.54, 1.807) is 0 Å². The summed E-state index contributed by atoms with van der Waals surface area (Å²) < 4.78 is 5.55. The van der Waals surface area contributed by atoms with E-state index in [4.69, 9.17) is 10.3 Å². The van der Waals surface area contributed by atoms with Crippen molar-refractivity contribution in [2.24, 2.45) is 5.11 Å². The standard InChI is InChI=1S/C13H18N4O/c14-16-15-9-13-11-18-8-4-7-17(13)10-12-5-2-1-3-6-12/h1-3,5-6,13H,4,7-11H2/t13-/m1/s1. The molecule has 1 atom stereocenters. The first-order chi connectivity index (χ1) is 8.90. The Kier molecular flexibility index (Phi) is 5.02. The number of hydrogen-bond donors (Lipinski definition) is 0. The summed E-state index contributed by atoms with van der Waals surface area (Å²) in [7, 11) is 0. The van der Waals surface area contributed by atoms with Gasteiger partial charge in [0, 0.05) is 37.2 Å². The predicted octanol–water partition coefficient (Wildman–Crippen LogP) is 2.59. The second-order valence-electron chi connectivity index (χ2n) is 4.45. The maximum Gasteiger partial charge on any atom is 0.0623 e. The lowest BCUT2D eigenvalue weighted by atomic mass is 10.1. The van der Waals surface area contributed by atoms with Gasteiger partial charge >= 0.3 is 0 Å². The molecule has 0 radical (unpaired) electrons. The van der Waals surface area contributed by atoms with E-state index in [2.05, 4.69) is 27.1 Å². The van der Waals surface area contributed by atoms with E-state index in [1.165, 1.54) is 5.56 Å². The molecule has 1 aromatic carbocycles. The van der Waals surface area contributed by atoms with Crippen LogP contribution in [0.3, 0.4) is 0 Å². The minimum Gasteiger partial charge on any atom is -0.380 e. The number of azide groups is 1. The zero-order valence-corrected chi connectivity index (χ0v) is 10.4. The van der Waals surface area contributed by atoms with Gasteiger partial charge < -0.3 is 4.74 Å². The number of hydrogen-bond acceptors (Lipinski definition) is 3. The predicted molar refractivity (Wildman–Crippen MR) is 70.1 cm³/mol. The molecule has 0 spiro atoms. The molecule has 0 N–H and O–H groups in total. The van der Waals surface area contributed by atoms with E-state index in [9.17, 15) is 0 Å². The summed E-state index contributed by atoms with van der Waals surface area (Å²) in [6.07, 6.45) is 1.03. The maximum absolute atomic E-state index is 8.44. The third-order valence-electron chi connectivity index (χ3n) is 3.14. The van der Waals surface area contributed by atoms with Crippen LogP contribution >= 0.6 is 0 Å². The minimum atomic E-state index is 0.184. The Hall–Kier alpha value is -1.55. The summed E-state index contributed by atoms with van der Waals surface area (Å²) >= 11 is 0. The Labute approximate surface area is 107 Å². The molecule has 0 unspecified atom stereocenters. The van der Waals surface area contributed by atoms with Gasteiger partial charge in [0.25, 0.3) is 0 Å². The van der Waals surface area contributed by atoms with Crippen LogP contribution in [0.25, 0.3) is 10.4 Å². The molecule has 5 nitrogen and oxygen atoms in total. The molecule has 18 heavy (non-hydrogen) atoms. The van der Waals surface area contributed by atoms with Crippen LogP contribution in [-0.2, 0) is 11.3 Å². The topological polar surface area (TPSA) is 61.2 Å². The van der Waals surface area contributed by atoms with Gasteiger partial charge in [0.05, 0.1) is 6.61 Å². The molecule has 1 saturated heterocycles. The van der Waals surface area contributed by atoms with E-state index < -0.39 is 0 Å². The Bertz CT molecular complexity index is 403. The van der Waals surface area contributed by atoms with Crippen LogP contribution in [0.15, 0.2) is 35.4 Å². The molecular formula is C13H18N4O. The fourth-order valence-electron chi connectivity index (χ4n) is 2.20. The minimum absolute atomic E-state index is 0.184. The largest absolute Gasteiger partial charge is 0.380 e. The molecule has 0 saturated carbocycles. The summed E-state index contributed by atoms with van der Waals surface area (Å²) in [5.74, 6) is 0. The van der Waals surface area contributed by atoms with Crippen LogP contribution < -0.4 is 0 Å². The molecule has 0 bridgehead atoms. The fraction of sp³-hybridized carbons (Fsp3) is 0.538. The summed E-state index contributed by atoms with van der Waals surface area (Å²) in [6.45, 7) is 3.78. The average Bonchev–Trinajstić information content (AvgIpc) is 2.63. The van der Waals surface area contributed by atoms with Crippen molar-refractivity contribution in [1.29, 1.82) is 0 Å². The van der Waals surface area contributed by atoms with E-state index in [0.29, 0.717) is 13.2 Å². The SMILES string of the molecule is [N-]=[N+]=NC[C@@H]1COCCCN1Cc1ccccc1. The first kappa shape index (κ1) is 12.9. The van der Waals surface area contributed by atoms with E-state index in [-0.39, 0.29) is 6.04 Å². The highest BCUT2D eigenvalue weighted by atomic mass is 16.5. The van der Waals surface area contributed by atoms with Crippen LogP contribution in [-0.4, -0.2) is 37.2 Å². The van der Waals surface area contributed by atoms with Crippen LogP contribution in [0, 0.1) is 0 Å². The molecule has 1 aliphatic rings. The van der Waals surface area contributed by atoms with Gasteiger partial charge in [-0.1, -0.05) is 35.4 Å². The summed E-state index contributed by atoms with van der Waals surface area (Å²) in [5, 5.41) is 3.69. The van der Waals surface area contributed by atoms with Gasteiger partial charge in [0.1, 0.15) is 0 Å². The Morgan fingerprint density at radius 2 is 2.22 bits per heavy atom. The summed E-state index contributed by atoms with van der Waals surface area (Å²) in [5.41, 5.74) is 9.72. The van der Waals surface area contributed by atoms with E-state index >= 15 is 0 Å². The molecule has 0 aromatic heterocycles. The second kappa shape index (κ2) is 7.01. The lowest BCUT2D eigenvalue weighted by molar-refractivity contribution is 0.101. The third-order valence-corrected chi connectivity index (χ3v) is 3.14. The van der Waals surface area contributed by atoms with Gasteiger partial charge in [0.2, 0.25) is 0 Å². The van der Waals surface area contributed by atoms with Crippen molar-refractivity contribution in [2.75, 3.05) is 26.3 Å². The quantitative estimate of drug-likeness (QED) is 0.465. The van der Waals surface area contributed by atoms with E-state index in [0.717, 1.165) is 26.1 Å². The Balaban J connectivity index is 2.03. The molecular weight excluding hydrogens is 228 g/mol. The lowest BCUT2D eigenvalue weighted by Gasteiger charge is -2.28. The number of rotatable bonds is 4. The molecule has 2 rings (SSSR count). The second-order valence-corrected chi connectivity index (χ2v) is 4.45. The zero-order chi connectivity index (χ0) is 12.6. The Morgan fingerprint density at radius 3 is 3.00 bits per heavy atom. The smallest absolute Gasteiger partial charge is 0.0623 e. The normalized spacial score (nSPS) is 21.0. The van der Waals surface area contributed by atoms with Gasteiger partial charge in [0.15, 0.2) is 0 Å². The molecule has 1 heterocycles. The summed E-state index contributed by atoms with van der Waals surface area (Å²) in [4.78, 5) is 5.19. The first-order valence-corrected chi connectivity index (χ1v) is 6.26. The van der Waals surface area contributed by atoms with Crippen molar-refractivity contribution >= 4 is 0 Å². The van der Waals surface area contributed by atoms with Crippen molar-refractivity contribution < 1.29 is 4.74 Å². The van der Waals surface area contributed by atoms with Gasteiger partial charge in [-0.2, -0.15) is 0 Å². The van der Waals surface area contributed by atoms with Gasteiger partial charge in [-0.25, -0.2) is 0 Å². The monoisotopic (exact) mass is 246 g/mol. The fourth-order valence-corrected chi connectivity index (χ4v) is 2.20. The van der Waals surface area contributed by atoms with Crippen molar-refractivity contribution in [2.45, 2.75) is 19.0 Å². The van der Waals surface area contributed by atoms with Gasteiger partial charge in [-0.3, -0.25) is 4.90 Å². The molecule has 96 valence electrons. The highest BCUT2D eigenvalue weighted by Crippen LogP contribution is 2.13. The van der Waals surface area contributed by atoms with Crippen molar-refractivity contribution in [3.05, 3.63) is 46.3 Å². The van der Waals surface area contributed by atoms with Crippen molar-refractivity contribution in [3.8, 4) is 0 Å². The van der Waals surface area contributed by atoms with Gasteiger partial charge in [-0.05, 0) is 17.5 Å². The molecule has 0 aliphatic carbocycles. The molecule has 1 aliphatic heterocycles. The molecule has 5 heteroatoms. The number of benzene rings is 1. The maximum atomic E-state index is 8.44. The number of nitrogens with zero attached hydrogens (tertiary/aromatic N) is 4. The van der Waals surface area contributed by atoms with Crippen LogP contribution in [0.5, 0.6) is 0 Å².